The van der Waals surface area contributed by atoms with Crippen molar-refractivity contribution in [1.29, 1.82) is 5.26 Å². The molecule has 0 bridgehead atoms. The van der Waals surface area contributed by atoms with E-state index in [2.05, 4.69) is 42.5 Å². The summed E-state index contributed by atoms with van der Waals surface area (Å²) >= 11 is 6.67. The lowest BCUT2D eigenvalue weighted by Gasteiger charge is -2.15. The SMILES string of the molecule is CCOc1cc(/C=C(/C#N)c2ccc3ccccc3c2)cc(Cl)c1OCc1ccc2ccccc2c1. The lowest BCUT2D eigenvalue weighted by atomic mass is 10.00. The number of nitriles is 1. The van der Waals surface area contributed by atoms with E-state index in [0.29, 0.717) is 35.3 Å². The molecule has 0 amide bonds. The van der Waals surface area contributed by atoms with E-state index in [4.69, 9.17) is 21.1 Å². The summed E-state index contributed by atoms with van der Waals surface area (Å²) in [6.07, 6.45) is 1.83. The Morgan fingerprint density at radius 3 is 2.17 bits per heavy atom. The zero-order valence-electron chi connectivity index (χ0n) is 19.9. The summed E-state index contributed by atoms with van der Waals surface area (Å²) in [5.74, 6) is 1.04. The molecule has 0 aliphatic heterocycles. The second-order valence-corrected chi connectivity index (χ2v) is 8.87. The molecule has 5 aromatic rings. The van der Waals surface area contributed by atoms with Gasteiger partial charge in [0.05, 0.1) is 23.3 Å². The average Bonchev–Trinajstić information content (AvgIpc) is 2.91. The summed E-state index contributed by atoms with van der Waals surface area (Å²) in [5.41, 5.74) is 3.21. The molecular weight excluding hydrogens is 466 g/mol. The van der Waals surface area contributed by atoms with E-state index in [1.54, 1.807) is 6.07 Å². The molecule has 0 radical (unpaired) electrons. The van der Waals surface area contributed by atoms with Gasteiger partial charge in [0, 0.05) is 0 Å². The minimum absolute atomic E-state index is 0.361. The molecule has 0 heterocycles. The topological polar surface area (TPSA) is 42.2 Å². The van der Waals surface area contributed by atoms with Crippen LogP contribution in [0.4, 0.5) is 0 Å². The lowest BCUT2D eigenvalue weighted by Crippen LogP contribution is -2.01. The fourth-order valence-electron chi connectivity index (χ4n) is 4.26. The number of rotatable bonds is 7. The van der Waals surface area contributed by atoms with Crippen LogP contribution in [-0.2, 0) is 6.61 Å². The van der Waals surface area contributed by atoms with Gasteiger partial charge >= 0.3 is 0 Å². The Balaban J connectivity index is 1.44. The van der Waals surface area contributed by atoms with Gasteiger partial charge in [0.2, 0.25) is 0 Å². The van der Waals surface area contributed by atoms with E-state index in [1.165, 1.54) is 5.39 Å². The number of nitrogens with zero attached hydrogens (tertiary/aromatic N) is 1. The van der Waals surface area contributed by atoms with Gasteiger partial charge in [-0.25, -0.2) is 0 Å². The van der Waals surface area contributed by atoms with Crippen LogP contribution in [-0.4, -0.2) is 6.61 Å². The van der Waals surface area contributed by atoms with Crippen LogP contribution in [0.2, 0.25) is 5.02 Å². The van der Waals surface area contributed by atoms with Crippen LogP contribution in [0.1, 0.15) is 23.6 Å². The van der Waals surface area contributed by atoms with Gasteiger partial charge in [-0.2, -0.15) is 5.26 Å². The fourth-order valence-corrected chi connectivity index (χ4v) is 4.54. The average molecular weight is 490 g/mol. The molecule has 0 aliphatic carbocycles. The van der Waals surface area contributed by atoms with Gasteiger partial charge in [-0.05, 0) is 75.5 Å². The molecule has 0 spiro atoms. The Kier molecular flexibility index (Phi) is 6.89. The first kappa shape index (κ1) is 23.5. The number of allylic oxidation sites excluding steroid dienone is 1. The number of fused-ring (bicyclic) bond motifs is 2. The van der Waals surface area contributed by atoms with Gasteiger partial charge in [-0.1, -0.05) is 84.4 Å². The molecule has 0 N–H and O–H groups in total. The lowest BCUT2D eigenvalue weighted by molar-refractivity contribution is 0.269. The van der Waals surface area contributed by atoms with Crippen LogP contribution < -0.4 is 9.47 Å². The molecule has 36 heavy (non-hydrogen) atoms. The molecule has 0 atom stereocenters. The predicted octanol–water partition coefficient (Wildman–Crippen LogP) is 8.69. The molecule has 5 rings (SSSR count). The molecular formula is C32H24ClNO2. The number of ether oxygens (including phenoxy) is 2. The first-order chi connectivity index (χ1) is 17.6. The summed E-state index contributed by atoms with van der Waals surface area (Å²) in [6, 6.07) is 34.6. The third-order valence-electron chi connectivity index (χ3n) is 6.02. The monoisotopic (exact) mass is 489 g/mol. The van der Waals surface area contributed by atoms with Crippen molar-refractivity contribution in [2.75, 3.05) is 6.61 Å². The van der Waals surface area contributed by atoms with E-state index in [1.807, 2.05) is 67.6 Å². The molecule has 0 aliphatic rings. The van der Waals surface area contributed by atoms with Crippen LogP contribution in [0.25, 0.3) is 33.2 Å². The van der Waals surface area contributed by atoms with Crippen molar-refractivity contribution >= 4 is 44.8 Å². The standard InChI is InChI=1S/C32H24ClNO2/c1-2-35-31-18-23(16-29(20-34)28-14-13-25-8-4-6-10-27(25)19-28)17-30(33)32(31)36-21-22-11-12-24-7-3-5-9-26(24)15-22/h3-19H,2,21H2,1H3/b29-16-. The van der Waals surface area contributed by atoms with Crippen molar-refractivity contribution in [2.45, 2.75) is 13.5 Å². The molecule has 0 saturated carbocycles. The highest BCUT2D eigenvalue weighted by molar-refractivity contribution is 6.32. The van der Waals surface area contributed by atoms with Crippen molar-refractivity contribution < 1.29 is 9.47 Å². The largest absolute Gasteiger partial charge is 0.490 e. The predicted molar refractivity (Wildman–Crippen MR) is 148 cm³/mol. The highest BCUT2D eigenvalue weighted by Crippen LogP contribution is 2.38. The van der Waals surface area contributed by atoms with Crippen molar-refractivity contribution in [3.63, 3.8) is 0 Å². The third-order valence-corrected chi connectivity index (χ3v) is 6.30. The highest BCUT2D eigenvalue weighted by Gasteiger charge is 2.14. The maximum atomic E-state index is 9.89. The molecule has 3 nitrogen and oxygen atoms in total. The van der Waals surface area contributed by atoms with Crippen molar-refractivity contribution in [2.24, 2.45) is 0 Å². The Bertz CT molecular complexity index is 1630. The number of benzene rings is 5. The molecule has 0 aromatic heterocycles. The van der Waals surface area contributed by atoms with E-state index >= 15 is 0 Å². The van der Waals surface area contributed by atoms with Crippen LogP contribution in [0.5, 0.6) is 11.5 Å². The summed E-state index contributed by atoms with van der Waals surface area (Å²) in [4.78, 5) is 0. The second kappa shape index (κ2) is 10.6. The number of hydrogen-bond donors (Lipinski definition) is 0. The van der Waals surface area contributed by atoms with Crippen LogP contribution in [0.15, 0.2) is 97.1 Å². The number of halogens is 1. The second-order valence-electron chi connectivity index (χ2n) is 8.46. The van der Waals surface area contributed by atoms with Gasteiger partial charge in [0.15, 0.2) is 11.5 Å². The molecule has 176 valence electrons. The van der Waals surface area contributed by atoms with Gasteiger partial charge in [0.25, 0.3) is 0 Å². The van der Waals surface area contributed by atoms with Crippen LogP contribution in [0, 0.1) is 11.3 Å². The molecule has 4 heteroatoms. The summed E-state index contributed by atoms with van der Waals surface area (Å²) in [5, 5.41) is 14.9. The summed E-state index contributed by atoms with van der Waals surface area (Å²) < 4.78 is 12.0. The van der Waals surface area contributed by atoms with Gasteiger partial charge in [0.1, 0.15) is 6.61 Å². The third kappa shape index (κ3) is 5.05. The first-order valence-corrected chi connectivity index (χ1v) is 12.2. The van der Waals surface area contributed by atoms with Crippen molar-refractivity contribution in [3.05, 3.63) is 119 Å². The van der Waals surface area contributed by atoms with E-state index < -0.39 is 0 Å². The van der Waals surface area contributed by atoms with Gasteiger partial charge in [-0.3, -0.25) is 0 Å². The Morgan fingerprint density at radius 1 is 0.806 bits per heavy atom. The van der Waals surface area contributed by atoms with E-state index in [-0.39, 0.29) is 0 Å². The Hall–Kier alpha value is -4.26. The normalized spacial score (nSPS) is 11.4. The van der Waals surface area contributed by atoms with E-state index in [9.17, 15) is 5.26 Å². The Morgan fingerprint density at radius 2 is 1.47 bits per heavy atom. The zero-order chi connectivity index (χ0) is 24.9. The Labute approximate surface area is 215 Å². The molecule has 0 fully saturated rings. The summed E-state index contributed by atoms with van der Waals surface area (Å²) in [6.45, 7) is 2.74. The first-order valence-electron chi connectivity index (χ1n) is 11.8. The highest BCUT2D eigenvalue weighted by atomic mass is 35.5. The molecule has 0 saturated heterocycles. The quantitative estimate of drug-likeness (QED) is 0.169. The van der Waals surface area contributed by atoms with E-state index in [0.717, 1.165) is 32.8 Å². The fraction of sp³-hybridized carbons (Fsp3) is 0.0938. The van der Waals surface area contributed by atoms with Gasteiger partial charge < -0.3 is 9.47 Å². The van der Waals surface area contributed by atoms with Gasteiger partial charge in [-0.15, -0.1) is 0 Å². The zero-order valence-corrected chi connectivity index (χ0v) is 20.6. The minimum atomic E-state index is 0.361. The molecule has 5 aromatic carbocycles. The number of hydrogen-bond acceptors (Lipinski definition) is 3. The van der Waals surface area contributed by atoms with Crippen LogP contribution in [0.3, 0.4) is 0 Å². The maximum Gasteiger partial charge on any atom is 0.180 e. The summed E-state index contributed by atoms with van der Waals surface area (Å²) in [7, 11) is 0. The minimum Gasteiger partial charge on any atom is -0.490 e. The smallest absolute Gasteiger partial charge is 0.180 e. The molecule has 0 unspecified atom stereocenters. The van der Waals surface area contributed by atoms with Crippen LogP contribution >= 0.6 is 11.6 Å². The maximum absolute atomic E-state index is 9.89. The van der Waals surface area contributed by atoms with Crippen molar-refractivity contribution in [1.82, 2.24) is 0 Å². The van der Waals surface area contributed by atoms with Crippen molar-refractivity contribution in [3.8, 4) is 17.6 Å².